The lowest BCUT2D eigenvalue weighted by atomic mass is 10.2. The lowest BCUT2D eigenvalue weighted by molar-refractivity contribution is -0.385. The molecular formula is C12H13FN4O3. The van der Waals surface area contributed by atoms with Crippen LogP contribution < -0.4 is 10.1 Å². The zero-order valence-electron chi connectivity index (χ0n) is 11.0. The number of halogens is 1. The molecule has 0 aliphatic carbocycles. The van der Waals surface area contributed by atoms with E-state index in [1.807, 2.05) is 0 Å². The van der Waals surface area contributed by atoms with Crippen LogP contribution in [0, 0.1) is 15.9 Å². The second kappa shape index (κ2) is 5.55. The van der Waals surface area contributed by atoms with Gasteiger partial charge in [-0.1, -0.05) is 0 Å². The van der Waals surface area contributed by atoms with Crippen molar-refractivity contribution in [2.45, 2.75) is 6.54 Å². The summed E-state index contributed by atoms with van der Waals surface area (Å²) in [5.41, 5.74) is 0.440. The number of anilines is 1. The molecular weight excluding hydrogens is 267 g/mol. The van der Waals surface area contributed by atoms with Crippen LogP contribution in [0.2, 0.25) is 0 Å². The van der Waals surface area contributed by atoms with Crippen LogP contribution in [0.25, 0.3) is 0 Å². The van der Waals surface area contributed by atoms with Gasteiger partial charge in [0.05, 0.1) is 36.0 Å². The minimum Gasteiger partial charge on any atom is -0.490 e. The van der Waals surface area contributed by atoms with Gasteiger partial charge in [-0.25, -0.2) is 4.39 Å². The summed E-state index contributed by atoms with van der Waals surface area (Å²) in [6.45, 7) is 0.304. The van der Waals surface area contributed by atoms with E-state index in [0.29, 0.717) is 6.54 Å². The van der Waals surface area contributed by atoms with Crippen LogP contribution in [-0.2, 0) is 13.6 Å². The first-order valence-electron chi connectivity index (χ1n) is 5.75. The van der Waals surface area contributed by atoms with E-state index >= 15 is 0 Å². The Balaban J connectivity index is 2.21. The maximum Gasteiger partial charge on any atom is 0.313 e. The van der Waals surface area contributed by atoms with Crippen molar-refractivity contribution in [3.05, 3.63) is 46.0 Å². The van der Waals surface area contributed by atoms with Gasteiger partial charge in [-0.3, -0.25) is 14.8 Å². The molecule has 20 heavy (non-hydrogen) atoms. The predicted octanol–water partition coefficient (Wildman–Crippen LogP) is 2.09. The van der Waals surface area contributed by atoms with Gasteiger partial charge in [0.25, 0.3) is 0 Å². The van der Waals surface area contributed by atoms with Crippen LogP contribution in [0.5, 0.6) is 5.75 Å². The molecule has 1 aromatic heterocycles. The van der Waals surface area contributed by atoms with Gasteiger partial charge < -0.3 is 10.1 Å². The number of nitro benzene ring substituents is 1. The summed E-state index contributed by atoms with van der Waals surface area (Å²) in [6, 6.07) is 3.88. The molecule has 0 bridgehead atoms. The molecule has 7 nitrogen and oxygen atoms in total. The summed E-state index contributed by atoms with van der Waals surface area (Å²) in [7, 11) is 3.07. The average molecular weight is 280 g/mol. The van der Waals surface area contributed by atoms with Crippen LogP contribution >= 0.6 is 0 Å². The zero-order valence-corrected chi connectivity index (χ0v) is 11.0. The van der Waals surface area contributed by atoms with E-state index in [4.69, 9.17) is 4.74 Å². The van der Waals surface area contributed by atoms with Gasteiger partial charge >= 0.3 is 5.69 Å². The molecule has 0 spiro atoms. The SMILES string of the molecule is COc1cc(NCc2ccn(C)n2)c(F)cc1[N+](=O)[O-]. The number of hydrogen-bond donors (Lipinski definition) is 1. The molecule has 0 aliphatic rings. The standard InChI is InChI=1S/C12H13FN4O3/c1-16-4-3-8(15-16)7-14-10-6-12(20-2)11(17(18)19)5-9(10)13/h3-6,14H,7H2,1-2H3. The Morgan fingerprint density at radius 2 is 2.30 bits per heavy atom. The summed E-state index contributed by atoms with van der Waals surface area (Å²) < 4.78 is 20.3. The average Bonchev–Trinajstić information content (AvgIpc) is 2.82. The molecule has 0 saturated heterocycles. The van der Waals surface area contributed by atoms with Gasteiger partial charge in [0, 0.05) is 19.3 Å². The predicted molar refractivity (Wildman–Crippen MR) is 70.1 cm³/mol. The van der Waals surface area contributed by atoms with Crippen LogP contribution in [0.4, 0.5) is 15.8 Å². The number of rotatable bonds is 5. The Morgan fingerprint density at radius 3 is 2.85 bits per heavy atom. The highest BCUT2D eigenvalue weighted by atomic mass is 19.1. The monoisotopic (exact) mass is 280 g/mol. The highest BCUT2D eigenvalue weighted by Crippen LogP contribution is 2.32. The quantitative estimate of drug-likeness (QED) is 0.669. The highest BCUT2D eigenvalue weighted by molar-refractivity contribution is 5.59. The van der Waals surface area contributed by atoms with E-state index in [2.05, 4.69) is 10.4 Å². The molecule has 2 aromatic rings. The van der Waals surface area contributed by atoms with E-state index in [9.17, 15) is 14.5 Å². The first-order chi connectivity index (χ1) is 9.51. The number of aromatic nitrogens is 2. The molecule has 0 fully saturated rings. The number of nitro groups is 1. The third-order valence-corrected chi connectivity index (χ3v) is 2.69. The maximum atomic E-state index is 13.8. The number of benzene rings is 1. The third-order valence-electron chi connectivity index (χ3n) is 2.69. The molecule has 0 saturated carbocycles. The lowest BCUT2D eigenvalue weighted by Crippen LogP contribution is -2.04. The van der Waals surface area contributed by atoms with Crippen molar-refractivity contribution in [3.63, 3.8) is 0 Å². The van der Waals surface area contributed by atoms with Crippen molar-refractivity contribution >= 4 is 11.4 Å². The summed E-state index contributed by atoms with van der Waals surface area (Å²) in [5.74, 6) is -0.714. The second-order valence-corrected chi connectivity index (χ2v) is 4.10. The van der Waals surface area contributed by atoms with Gasteiger partial charge in [-0.05, 0) is 6.07 Å². The molecule has 1 heterocycles. The largest absolute Gasteiger partial charge is 0.490 e. The van der Waals surface area contributed by atoms with Crippen molar-refractivity contribution in [2.24, 2.45) is 7.05 Å². The van der Waals surface area contributed by atoms with Crippen molar-refractivity contribution < 1.29 is 14.1 Å². The number of ether oxygens (including phenoxy) is 1. The minimum absolute atomic E-state index is 0.0000733. The summed E-state index contributed by atoms with van der Waals surface area (Å²) in [5, 5.41) is 17.7. The maximum absolute atomic E-state index is 13.8. The normalized spacial score (nSPS) is 10.3. The van der Waals surface area contributed by atoms with Crippen molar-refractivity contribution in [1.82, 2.24) is 9.78 Å². The van der Waals surface area contributed by atoms with Gasteiger partial charge in [-0.15, -0.1) is 0 Å². The number of methoxy groups -OCH3 is 1. The van der Waals surface area contributed by atoms with Crippen molar-refractivity contribution in [1.29, 1.82) is 0 Å². The van der Waals surface area contributed by atoms with E-state index in [0.717, 1.165) is 11.8 Å². The van der Waals surface area contributed by atoms with Gasteiger partial charge in [0.1, 0.15) is 0 Å². The fourth-order valence-corrected chi connectivity index (χ4v) is 1.73. The lowest BCUT2D eigenvalue weighted by Gasteiger charge is -2.08. The van der Waals surface area contributed by atoms with Gasteiger partial charge in [-0.2, -0.15) is 5.10 Å². The Hall–Kier alpha value is -2.64. The topological polar surface area (TPSA) is 82.2 Å². The van der Waals surface area contributed by atoms with Gasteiger partial charge in [0.15, 0.2) is 11.6 Å². The molecule has 0 amide bonds. The Morgan fingerprint density at radius 1 is 1.55 bits per heavy atom. The highest BCUT2D eigenvalue weighted by Gasteiger charge is 2.19. The number of nitrogens with one attached hydrogen (secondary N) is 1. The minimum atomic E-state index is -0.714. The third kappa shape index (κ3) is 2.85. The van der Waals surface area contributed by atoms with Crippen molar-refractivity contribution in [2.75, 3.05) is 12.4 Å². The van der Waals surface area contributed by atoms with E-state index < -0.39 is 16.4 Å². The van der Waals surface area contributed by atoms with Crippen LogP contribution in [0.1, 0.15) is 5.69 Å². The molecule has 1 N–H and O–H groups in total. The van der Waals surface area contributed by atoms with Crippen LogP contribution in [0.3, 0.4) is 0 Å². The molecule has 106 valence electrons. The molecule has 8 heteroatoms. The fourth-order valence-electron chi connectivity index (χ4n) is 1.73. The molecule has 0 aliphatic heterocycles. The zero-order chi connectivity index (χ0) is 14.7. The number of hydrogen-bond acceptors (Lipinski definition) is 5. The van der Waals surface area contributed by atoms with Gasteiger partial charge in [0.2, 0.25) is 0 Å². The molecule has 1 aromatic carbocycles. The van der Waals surface area contributed by atoms with Crippen LogP contribution in [0.15, 0.2) is 24.4 Å². The summed E-state index contributed by atoms with van der Waals surface area (Å²) in [6.07, 6.45) is 1.77. The Bertz CT molecular complexity index is 642. The smallest absolute Gasteiger partial charge is 0.313 e. The molecule has 2 rings (SSSR count). The van der Waals surface area contributed by atoms with Crippen LogP contribution in [-0.4, -0.2) is 21.8 Å². The second-order valence-electron chi connectivity index (χ2n) is 4.10. The van der Waals surface area contributed by atoms with Crippen molar-refractivity contribution in [3.8, 4) is 5.75 Å². The summed E-state index contributed by atoms with van der Waals surface area (Å²) in [4.78, 5) is 10.1. The van der Waals surface area contributed by atoms with E-state index in [1.54, 1.807) is 24.0 Å². The number of aryl methyl sites for hydroxylation is 1. The molecule has 0 unspecified atom stereocenters. The first kappa shape index (κ1) is 13.8. The number of nitrogens with zero attached hydrogens (tertiary/aromatic N) is 3. The van der Waals surface area contributed by atoms with E-state index in [-0.39, 0.29) is 11.4 Å². The Kier molecular flexibility index (Phi) is 3.83. The summed E-state index contributed by atoms with van der Waals surface area (Å²) >= 11 is 0. The first-order valence-corrected chi connectivity index (χ1v) is 5.75. The van der Waals surface area contributed by atoms with E-state index in [1.165, 1.54) is 13.2 Å². The molecule has 0 radical (unpaired) electrons. The fraction of sp³-hybridized carbons (Fsp3) is 0.250. The molecule has 0 atom stereocenters. The Labute approximate surface area is 114 Å².